The first-order chi connectivity index (χ1) is 14.4. The van der Waals surface area contributed by atoms with Gasteiger partial charge in [0, 0.05) is 23.0 Å². The number of fused-ring (bicyclic) bond motifs is 1. The number of Topliss-reactive ketones (excluding diaryl/α,β-unsaturated/α-hetero) is 2. The van der Waals surface area contributed by atoms with Crippen LogP contribution in [0.5, 0.6) is 0 Å². The molecule has 0 bridgehead atoms. The zero-order valence-electron chi connectivity index (χ0n) is 16.0. The Balaban J connectivity index is 1.93. The molecule has 2 aromatic carbocycles. The number of hydrogen-bond donors (Lipinski definition) is 2. The maximum absolute atomic E-state index is 13.5. The van der Waals surface area contributed by atoms with E-state index in [1.807, 2.05) is 36.4 Å². The summed E-state index contributed by atoms with van der Waals surface area (Å²) >= 11 is 0. The lowest BCUT2D eigenvalue weighted by molar-refractivity contribution is -0.140. The van der Waals surface area contributed by atoms with Gasteiger partial charge in [0.15, 0.2) is 6.04 Å². The lowest BCUT2D eigenvalue weighted by atomic mass is 10.0. The molecule has 1 unspecified atom stereocenters. The molecule has 1 aliphatic heterocycles. The fourth-order valence-electron chi connectivity index (χ4n) is 3.42. The van der Waals surface area contributed by atoms with Crippen molar-refractivity contribution in [1.82, 2.24) is 9.88 Å². The Morgan fingerprint density at radius 2 is 1.77 bits per heavy atom. The van der Waals surface area contributed by atoms with Crippen LogP contribution in [-0.2, 0) is 14.4 Å². The fourth-order valence-corrected chi connectivity index (χ4v) is 3.42. The number of nitrogens with one attached hydrogen (secondary N) is 1. The van der Waals surface area contributed by atoms with Crippen LogP contribution in [0, 0.1) is 11.8 Å². The summed E-state index contributed by atoms with van der Waals surface area (Å²) in [6, 6.07) is 14.5. The second kappa shape index (κ2) is 7.43. The molecule has 1 saturated heterocycles. The van der Waals surface area contributed by atoms with Crippen LogP contribution in [0.4, 0.5) is 0 Å². The molecule has 1 amide bonds. The second-order valence-corrected chi connectivity index (χ2v) is 6.97. The van der Waals surface area contributed by atoms with E-state index in [9.17, 15) is 19.2 Å². The van der Waals surface area contributed by atoms with E-state index in [-0.39, 0.29) is 5.56 Å². The highest BCUT2D eigenvalue weighted by atomic mass is 16.2. The van der Waals surface area contributed by atoms with Crippen molar-refractivity contribution in [3.05, 3.63) is 76.2 Å². The molecule has 0 radical (unpaired) electrons. The van der Waals surface area contributed by atoms with E-state index in [1.165, 1.54) is 0 Å². The van der Waals surface area contributed by atoms with Crippen molar-refractivity contribution in [2.24, 2.45) is 5.73 Å². The third kappa shape index (κ3) is 3.19. The Kier molecular flexibility index (Phi) is 4.78. The molecule has 1 aliphatic rings. The number of carbonyl (C=O) groups excluding carboxylic acids is 3. The lowest BCUT2D eigenvalue weighted by Crippen LogP contribution is -2.27. The van der Waals surface area contributed by atoms with E-state index >= 15 is 0 Å². The molecule has 0 aliphatic carbocycles. The zero-order chi connectivity index (χ0) is 21.4. The molecule has 0 saturated carbocycles. The maximum atomic E-state index is 13.5. The number of rotatable bonds is 2. The van der Waals surface area contributed by atoms with Gasteiger partial charge in [-0.3, -0.25) is 23.7 Å². The number of ketones is 2. The van der Waals surface area contributed by atoms with Gasteiger partial charge in [-0.2, -0.15) is 0 Å². The standard InChI is InChI=1S/C23H17N3O4/c1-13(24)18-12-15-7-5-6-14(10-11-17-20(27)21(28)22(29)25-17)19(15)23(30)26(18)16-8-3-2-4-9-16/h2-9,12-13,17H,24H2,1H3,(H,25,29)/t13-,17?/m0/s1. The van der Waals surface area contributed by atoms with Crippen LogP contribution in [-0.4, -0.2) is 28.1 Å². The Bertz CT molecular complexity index is 1330. The van der Waals surface area contributed by atoms with E-state index in [0.29, 0.717) is 27.7 Å². The van der Waals surface area contributed by atoms with Gasteiger partial charge in [0.1, 0.15) is 0 Å². The number of aromatic nitrogens is 1. The summed E-state index contributed by atoms with van der Waals surface area (Å²) in [7, 11) is 0. The molecule has 2 atom stereocenters. The van der Waals surface area contributed by atoms with Gasteiger partial charge in [0.05, 0.1) is 5.39 Å². The van der Waals surface area contributed by atoms with Crippen LogP contribution in [0.25, 0.3) is 16.5 Å². The van der Waals surface area contributed by atoms with E-state index in [0.717, 1.165) is 0 Å². The average Bonchev–Trinajstić information content (AvgIpc) is 2.99. The number of nitrogens with zero attached hydrogens (tertiary/aromatic N) is 1. The van der Waals surface area contributed by atoms with Crippen LogP contribution in [0.3, 0.4) is 0 Å². The minimum Gasteiger partial charge on any atom is -0.328 e. The van der Waals surface area contributed by atoms with Crippen molar-refractivity contribution in [3.63, 3.8) is 0 Å². The van der Waals surface area contributed by atoms with E-state index in [4.69, 9.17) is 5.73 Å². The summed E-state index contributed by atoms with van der Waals surface area (Å²) in [6.45, 7) is 1.80. The van der Waals surface area contributed by atoms with Crippen molar-refractivity contribution in [2.45, 2.75) is 19.0 Å². The normalized spacial score (nSPS) is 16.9. The van der Waals surface area contributed by atoms with Gasteiger partial charge >= 0.3 is 0 Å². The molecule has 7 nitrogen and oxygen atoms in total. The van der Waals surface area contributed by atoms with Crippen molar-refractivity contribution in [2.75, 3.05) is 0 Å². The Labute approximate surface area is 171 Å². The summed E-state index contributed by atoms with van der Waals surface area (Å²) in [5.41, 5.74) is 7.54. The first-order valence-corrected chi connectivity index (χ1v) is 9.28. The number of para-hydroxylation sites is 1. The van der Waals surface area contributed by atoms with Gasteiger partial charge in [0.25, 0.3) is 17.2 Å². The summed E-state index contributed by atoms with van der Waals surface area (Å²) in [4.78, 5) is 48.1. The van der Waals surface area contributed by atoms with Gasteiger partial charge in [0.2, 0.25) is 5.78 Å². The van der Waals surface area contributed by atoms with Crippen LogP contribution in [0.15, 0.2) is 59.4 Å². The smallest absolute Gasteiger partial charge is 0.297 e. The second-order valence-electron chi connectivity index (χ2n) is 6.97. The first-order valence-electron chi connectivity index (χ1n) is 9.28. The largest absolute Gasteiger partial charge is 0.328 e. The van der Waals surface area contributed by atoms with Crippen molar-refractivity contribution in [1.29, 1.82) is 0 Å². The molecule has 7 heteroatoms. The first kappa shape index (κ1) is 19.3. The minimum atomic E-state index is -1.21. The minimum absolute atomic E-state index is 0.297. The monoisotopic (exact) mass is 399 g/mol. The number of nitrogens with two attached hydrogens (primary N) is 1. The predicted octanol–water partition coefficient (Wildman–Crippen LogP) is 0.998. The number of hydrogen-bond acceptors (Lipinski definition) is 5. The molecule has 3 N–H and O–H groups in total. The highest BCUT2D eigenvalue weighted by Gasteiger charge is 2.38. The topological polar surface area (TPSA) is 111 Å². The zero-order valence-corrected chi connectivity index (χ0v) is 16.0. The van der Waals surface area contributed by atoms with Crippen LogP contribution < -0.4 is 16.6 Å². The lowest BCUT2D eigenvalue weighted by Gasteiger charge is -2.17. The maximum Gasteiger partial charge on any atom is 0.297 e. The van der Waals surface area contributed by atoms with Crippen LogP contribution >= 0.6 is 0 Å². The molecule has 3 aromatic rings. The van der Waals surface area contributed by atoms with Gasteiger partial charge in [-0.1, -0.05) is 42.2 Å². The molecule has 0 spiro atoms. The number of amides is 1. The van der Waals surface area contributed by atoms with Crippen LogP contribution in [0.1, 0.15) is 24.2 Å². The molecule has 148 valence electrons. The van der Waals surface area contributed by atoms with Crippen molar-refractivity contribution in [3.8, 4) is 17.5 Å². The Hall–Kier alpha value is -4.02. The highest BCUT2D eigenvalue weighted by molar-refractivity contribution is 6.68. The van der Waals surface area contributed by atoms with Crippen molar-refractivity contribution >= 4 is 28.2 Å². The predicted molar refractivity (Wildman–Crippen MR) is 111 cm³/mol. The SMILES string of the molecule is C[C@H](N)c1cc2cccc(C#CC3NC(=O)C(=O)C3=O)c2c(=O)n1-c1ccccc1. The van der Waals surface area contributed by atoms with E-state index in [2.05, 4.69) is 17.2 Å². The molecular formula is C23H17N3O4. The van der Waals surface area contributed by atoms with Gasteiger partial charge < -0.3 is 11.1 Å². The molecular weight excluding hydrogens is 382 g/mol. The molecule has 2 heterocycles. The van der Waals surface area contributed by atoms with E-state index in [1.54, 1.807) is 29.7 Å². The number of benzene rings is 2. The third-order valence-corrected chi connectivity index (χ3v) is 4.87. The van der Waals surface area contributed by atoms with Gasteiger partial charge in [-0.25, -0.2) is 0 Å². The van der Waals surface area contributed by atoms with Gasteiger partial charge in [-0.15, -0.1) is 0 Å². The molecule has 30 heavy (non-hydrogen) atoms. The van der Waals surface area contributed by atoms with Gasteiger partial charge in [-0.05, 0) is 36.6 Å². The Morgan fingerprint density at radius 3 is 2.40 bits per heavy atom. The summed E-state index contributed by atoms with van der Waals surface area (Å²) < 4.78 is 1.55. The van der Waals surface area contributed by atoms with Crippen LogP contribution in [0.2, 0.25) is 0 Å². The Morgan fingerprint density at radius 1 is 1.03 bits per heavy atom. The average molecular weight is 399 g/mol. The molecule has 1 aromatic heterocycles. The highest BCUT2D eigenvalue weighted by Crippen LogP contribution is 2.22. The van der Waals surface area contributed by atoms with Crippen molar-refractivity contribution < 1.29 is 14.4 Å². The fraction of sp³-hybridized carbons (Fsp3) is 0.130. The quantitative estimate of drug-likeness (QED) is 0.493. The number of pyridine rings is 1. The summed E-state index contributed by atoms with van der Waals surface area (Å²) in [6.07, 6.45) is 0. The summed E-state index contributed by atoms with van der Waals surface area (Å²) in [5.74, 6) is 2.41. The number of carbonyl (C=O) groups is 3. The van der Waals surface area contributed by atoms with E-state index < -0.39 is 29.6 Å². The molecule has 1 fully saturated rings. The summed E-state index contributed by atoms with van der Waals surface area (Å²) in [5, 5.41) is 3.26. The third-order valence-electron chi connectivity index (χ3n) is 4.87. The molecule has 4 rings (SSSR count).